The third-order valence-corrected chi connectivity index (χ3v) is 8.70. The predicted molar refractivity (Wildman–Crippen MR) is 138 cm³/mol. The van der Waals surface area contributed by atoms with Crippen LogP contribution in [0.1, 0.15) is 42.4 Å². The Bertz CT molecular complexity index is 1750. The molecule has 1 aliphatic heterocycles. The van der Waals surface area contributed by atoms with E-state index in [0.29, 0.717) is 22.6 Å². The van der Waals surface area contributed by atoms with Gasteiger partial charge in [-0.2, -0.15) is 26.3 Å². The van der Waals surface area contributed by atoms with E-state index in [1.165, 1.54) is 13.0 Å². The van der Waals surface area contributed by atoms with Crippen LogP contribution >= 0.6 is 0 Å². The van der Waals surface area contributed by atoms with Gasteiger partial charge in [-0.3, -0.25) is 19.2 Å². The fourth-order valence-corrected chi connectivity index (χ4v) is 6.79. The molecule has 228 valence electrons. The molecule has 0 bridgehead atoms. The fourth-order valence-electron chi connectivity index (χ4n) is 6.79. The van der Waals surface area contributed by atoms with Crippen molar-refractivity contribution >= 4 is 29.1 Å². The highest BCUT2D eigenvalue weighted by molar-refractivity contribution is 6.25. The van der Waals surface area contributed by atoms with E-state index in [1.807, 2.05) is 0 Å². The van der Waals surface area contributed by atoms with E-state index in [2.05, 4.69) is 0 Å². The second kappa shape index (κ2) is 9.73. The van der Waals surface area contributed by atoms with Crippen molar-refractivity contribution < 1.29 is 55.0 Å². The molecule has 2 aromatic rings. The summed E-state index contributed by atoms with van der Waals surface area (Å²) in [6.45, 7) is 1.41. The van der Waals surface area contributed by atoms with Gasteiger partial charge in [-0.15, -0.1) is 0 Å². The summed E-state index contributed by atoms with van der Waals surface area (Å²) in [6.07, 6.45) is -8.12. The molecule has 0 saturated carbocycles. The van der Waals surface area contributed by atoms with Crippen molar-refractivity contribution in [2.45, 2.75) is 38.0 Å². The second-order valence-corrected chi connectivity index (χ2v) is 11.2. The number of benzene rings is 2. The van der Waals surface area contributed by atoms with Gasteiger partial charge in [0.25, 0.3) is 0 Å². The van der Waals surface area contributed by atoms with E-state index < -0.39 is 87.8 Å². The minimum atomic E-state index is -5.22. The maximum atomic E-state index is 14.5. The Morgan fingerprint density at radius 2 is 1.50 bits per heavy atom. The number of amides is 2. The number of carbonyl (C=O) groups is 4. The third kappa shape index (κ3) is 4.47. The molecule has 0 spiro atoms. The summed E-state index contributed by atoms with van der Waals surface area (Å²) in [6, 6.07) is 3.85. The Morgan fingerprint density at radius 3 is 2.09 bits per heavy atom. The fraction of sp³-hybridized carbons (Fsp3) is 0.290. The smallest absolute Gasteiger partial charge is 0.416 e. The third-order valence-electron chi connectivity index (χ3n) is 8.70. The maximum Gasteiger partial charge on any atom is 0.416 e. The number of imide groups is 1. The summed E-state index contributed by atoms with van der Waals surface area (Å²) >= 11 is 0. The average molecular weight is 619 g/mol. The summed E-state index contributed by atoms with van der Waals surface area (Å²) in [5.74, 6) is -9.31. The molecule has 4 aliphatic rings. The molecule has 6 rings (SSSR count). The Balaban J connectivity index is 1.48. The number of ketones is 2. The van der Waals surface area contributed by atoms with Crippen LogP contribution in [-0.4, -0.2) is 28.5 Å². The van der Waals surface area contributed by atoms with Crippen LogP contribution in [0.25, 0.3) is 0 Å². The zero-order valence-corrected chi connectivity index (χ0v) is 22.5. The summed E-state index contributed by atoms with van der Waals surface area (Å²) in [5, 5.41) is 9.74. The standard InChI is InChI=1S/C31H20F7NO5/c1-12-6-23(41)26-20(27(12)42)11-19-17(24(26)13-2-5-22(40)21(32)7-13)3-4-18-25(19)29(44)39(28(18)43)16-9-14(30(33,34)35)8-15(10-16)31(36,37)38/h2-3,5-10,18-19,24-25,40H,4,11H2,1H3/t18-,19+,24-,25-/m0/s1. The zero-order valence-electron chi connectivity index (χ0n) is 22.5. The summed E-state index contributed by atoms with van der Waals surface area (Å²) in [5.41, 5.74) is -3.60. The van der Waals surface area contributed by atoms with Gasteiger partial charge in [0.2, 0.25) is 11.8 Å². The quantitative estimate of drug-likeness (QED) is 0.187. The first-order chi connectivity index (χ1) is 20.5. The number of anilines is 1. The molecule has 2 amide bonds. The molecule has 1 heterocycles. The first-order valence-corrected chi connectivity index (χ1v) is 13.3. The number of rotatable bonds is 2. The van der Waals surface area contributed by atoms with Crippen molar-refractivity contribution in [3.63, 3.8) is 0 Å². The number of Topliss-reactive ketones (excluding diaryl/α,β-unsaturated/α-hetero) is 1. The average Bonchev–Trinajstić information content (AvgIpc) is 3.20. The normalized spacial score (nSPS) is 25.5. The van der Waals surface area contributed by atoms with Gasteiger partial charge in [0, 0.05) is 22.6 Å². The largest absolute Gasteiger partial charge is 0.505 e. The Morgan fingerprint density at radius 1 is 0.864 bits per heavy atom. The molecule has 0 aromatic heterocycles. The van der Waals surface area contributed by atoms with E-state index in [0.717, 1.165) is 18.2 Å². The number of phenolic OH excluding ortho intramolecular Hbond substituents is 1. The maximum absolute atomic E-state index is 14.5. The number of carbonyl (C=O) groups excluding carboxylic acids is 4. The van der Waals surface area contributed by atoms with Crippen molar-refractivity contribution in [1.82, 2.24) is 0 Å². The van der Waals surface area contributed by atoms with Crippen LogP contribution in [0.3, 0.4) is 0 Å². The monoisotopic (exact) mass is 619 g/mol. The Labute approximate surface area is 244 Å². The lowest BCUT2D eigenvalue weighted by atomic mass is 9.59. The lowest BCUT2D eigenvalue weighted by Crippen LogP contribution is -2.39. The zero-order chi connectivity index (χ0) is 32.0. The molecule has 1 fully saturated rings. The number of fused-ring (bicyclic) bond motifs is 3. The van der Waals surface area contributed by atoms with Crippen LogP contribution in [0, 0.1) is 23.6 Å². The molecule has 1 saturated heterocycles. The van der Waals surface area contributed by atoms with Crippen molar-refractivity contribution in [3.8, 4) is 5.75 Å². The number of aromatic hydroxyl groups is 1. The number of hydrogen-bond donors (Lipinski definition) is 1. The number of hydrogen-bond acceptors (Lipinski definition) is 5. The van der Waals surface area contributed by atoms with Gasteiger partial charge in [-0.25, -0.2) is 9.29 Å². The number of alkyl halides is 6. The number of phenols is 1. The predicted octanol–water partition coefficient (Wildman–Crippen LogP) is 6.20. The van der Waals surface area contributed by atoms with Gasteiger partial charge in [0.1, 0.15) is 0 Å². The molecular formula is C31H20F7NO5. The highest BCUT2D eigenvalue weighted by Crippen LogP contribution is 2.56. The van der Waals surface area contributed by atoms with E-state index in [9.17, 15) is 55.0 Å². The van der Waals surface area contributed by atoms with Crippen LogP contribution in [-0.2, 0) is 31.5 Å². The second-order valence-electron chi connectivity index (χ2n) is 11.2. The molecule has 2 aromatic carbocycles. The molecule has 0 unspecified atom stereocenters. The molecule has 3 aliphatic carbocycles. The van der Waals surface area contributed by atoms with Crippen molar-refractivity contribution in [2.24, 2.45) is 17.8 Å². The minimum absolute atomic E-state index is 0.0217. The van der Waals surface area contributed by atoms with Gasteiger partial charge in [-0.1, -0.05) is 17.7 Å². The lowest BCUT2D eigenvalue weighted by molar-refractivity contribution is -0.143. The highest BCUT2D eigenvalue weighted by Gasteiger charge is 2.57. The molecule has 44 heavy (non-hydrogen) atoms. The number of nitrogens with zero attached hydrogens (tertiary/aromatic N) is 1. The van der Waals surface area contributed by atoms with Crippen LogP contribution < -0.4 is 4.90 Å². The van der Waals surface area contributed by atoms with Gasteiger partial charge < -0.3 is 5.11 Å². The van der Waals surface area contributed by atoms with Gasteiger partial charge in [0.15, 0.2) is 23.1 Å². The van der Waals surface area contributed by atoms with E-state index in [4.69, 9.17) is 0 Å². The lowest BCUT2D eigenvalue weighted by Gasteiger charge is -2.42. The number of halogens is 7. The van der Waals surface area contributed by atoms with E-state index in [-0.39, 0.29) is 41.2 Å². The van der Waals surface area contributed by atoms with Crippen LogP contribution in [0.15, 0.2) is 70.8 Å². The molecule has 1 N–H and O–H groups in total. The number of allylic oxidation sites excluding steroid dienone is 6. The van der Waals surface area contributed by atoms with Crippen LogP contribution in [0.4, 0.5) is 36.4 Å². The van der Waals surface area contributed by atoms with Gasteiger partial charge in [0.05, 0.1) is 28.7 Å². The van der Waals surface area contributed by atoms with Crippen molar-refractivity contribution in [1.29, 1.82) is 0 Å². The van der Waals surface area contributed by atoms with Gasteiger partial charge in [-0.05, 0) is 67.7 Å². The van der Waals surface area contributed by atoms with E-state index in [1.54, 1.807) is 6.08 Å². The van der Waals surface area contributed by atoms with Crippen LogP contribution in [0.5, 0.6) is 5.75 Å². The summed E-state index contributed by atoms with van der Waals surface area (Å²) in [4.78, 5) is 54.2. The molecule has 0 radical (unpaired) electrons. The molecular weight excluding hydrogens is 599 g/mol. The minimum Gasteiger partial charge on any atom is -0.505 e. The Kier molecular flexibility index (Phi) is 6.53. The molecule has 6 nitrogen and oxygen atoms in total. The highest BCUT2D eigenvalue weighted by atomic mass is 19.4. The summed E-state index contributed by atoms with van der Waals surface area (Å²) < 4.78 is 95.9. The SMILES string of the molecule is CC1=CC(=O)C2=C(C[C@@H]3C(=CC[C@@H]4C(=O)N(c5cc(C(F)(F)F)cc(C(F)(F)F)c5)C(=O)[C@@H]43)[C@@H]2c2ccc(O)c(F)c2)C1=O. The summed E-state index contributed by atoms with van der Waals surface area (Å²) in [7, 11) is 0. The van der Waals surface area contributed by atoms with Crippen LogP contribution in [0.2, 0.25) is 0 Å². The Hall–Kier alpha value is -4.55. The topological polar surface area (TPSA) is 91.8 Å². The van der Waals surface area contributed by atoms with E-state index >= 15 is 0 Å². The first kappa shape index (κ1) is 29.5. The first-order valence-electron chi connectivity index (χ1n) is 13.3. The molecule has 4 atom stereocenters. The molecule has 13 heteroatoms. The van der Waals surface area contributed by atoms with Crippen molar-refractivity contribution in [2.75, 3.05) is 4.90 Å². The van der Waals surface area contributed by atoms with Crippen molar-refractivity contribution in [3.05, 3.63) is 93.4 Å². The van der Waals surface area contributed by atoms with Gasteiger partial charge >= 0.3 is 12.4 Å².